The van der Waals surface area contributed by atoms with E-state index in [1.54, 1.807) is 0 Å². The van der Waals surface area contributed by atoms with E-state index in [0.29, 0.717) is 24.2 Å². The number of halogens is 1. The maximum absolute atomic E-state index is 5.69. The van der Waals surface area contributed by atoms with Crippen LogP contribution in [0.1, 0.15) is 24.3 Å². The minimum Gasteiger partial charge on any atom is -0.408 e. The van der Waals surface area contributed by atoms with Gasteiger partial charge >= 0.3 is 6.01 Å². The van der Waals surface area contributed by atoms with Gasteiger partial charge in [-0.05, 0) is 30.7 Å². The zero-order chi connectivity index (χ0) is 14.5. The Labute approximate surface area is 130 Å². The van der Waals surface area contributed by atoms with Gasteiger partial charge in [0.1, 0.15) is 0 Å². The third kappa shape index (κ3) is 3.76. The number of aryl methyl sites for hydroxylation is 1. The van der Waals surface area contributed by atoms with Crippen molar-refractivity contribution in [1.82, 2.24) is 10.2 Å². The predicted molar refractivity (Wildman–Crippen MR) is 83.8 cm³/mol. The van der Waals surface area contributed by atoms with Gasteiger partial charge in [-0.2, -0.15) is 0 Å². The smallest absolute Gasteiger partial charge is 0.318 e. The molecule has 0 N–H and O–H groups in total. The standard InChI is InChI=1S/C16H20ClN3O/c17-9-6-15-18-19-16(21-15)20-10-7-14(8-11-20)12-13-4-2-1-3-5-13/h1-5,14H,6-12H2. The molecule has 0 atom stereocenters. The highest BCUT2D eigenvalue weighted by Crippen LogP contribution is 2.25. The number of aromatic nitrogens is 2. The van der Waals surface area contributed by atoms with Gasteiger partial charge in [0.25, 0.3) is 0 Å². The van der Waals surface area contributed by atoms with Crippen LogP contribution in [0.25, 0.3) is 0 Å². The summed E-state index contributed by atoms with van der Waals surface area (Å²) >= 11 is 5.69. The summed E-state index contributed by atoms with van der Waals surface area (Å²) in [6.45, 7) is 1.97. The lowest BCUT2D eigenvalue weighted by Gasteiger charge is -2.30. The van der Waals surface area contributed by atoms with Crippen LogP contribution in [0.15, 0.2) is 34.7 Å². The molecule has 0 bridgehead atoms. The van der Waals surface area contributed by atoms with E-state index >= 15 is 0 Å². The molecule has 0 spiro atoms. The summed E-state index contributed by atoms with van der Waals surface area (Å²) in [7, 11) is 0. The molecule has 1 aromatic carbocycles. The first-order valence-corrected chi connectivity index (χ1v) is 8.06. The topological polar surface area (TPSA) is 42.2 Å². The maximum Gasteiger partial charge on any atom is 0.318 e. The van der Waals surface area contributed by atoms with Crippen molar-refractivity contribution in [1.29, 1.82) is 0 Å². The monoisotopic (exact) mass is 305 g/mol. The molecular weight excluding hydrogens is 286 g/mol. The van der Waals surface area contributed by atoms with Gasteiger partial charge in [-0.25, -0.2) is 0 Å². The van der Waals surface area contributed by atoms with E-state index in [2.05, 4.69) is 45.4 Å². The van der Waals surface area contributed by atoms with Crippen molar-refractivity contribution in [3.63, 3.8) is 0 Å². The average Bonchev–Trinajstić information content (AvgIpc) is 2.98. The van der Waals surface area contributed by atoms with Gasteiger partial charge in [-0.3, -0.25) is 0 Å². The van der Waals surface area contributed by atoms with E-state index in [1.165, 1.54) is 18.4 Å². The van der Waals surface area contributed by atoms with Gasteiger partial charge in [0.05, 0.1) is 0 Å². The second kappa shape index (κ2) is 6.94. The Bertz CT molecular complexity index is 550. The van der Waals surface area contributed by atoms with E-state index in [-0.39, 0.29) is 0 Å². The summed E-state index contributed by atoms with van der Waals surface area (Å²) in [6.07, 6.45) is 4.14. The Hall–Kier alpha value is -1.55. The number of benzene rings is 1. The first kappa shape index (κ1) is 14.4. The van der Waals surface area contributed by atoms with E-state index in [1.807, 2.05) is 0 Å². The Balaban J connectivity index is 1.52. The fourth-order valence-electron chi connectivity index (χ4n) is 2.83. The van der Waals surface area contributed by atoms with Gasteiger partial charge in [0.2, 0.25) is 5.89 Å². The van der Waals surface area contributed by atoms with E-state index in [0.717, 1.165) is 25.4 Å². The lowest BCUT2D eigenvalue weighted by molar-refractivity contribution is 0.382. The lowest BCUT2D eigenvalue weighted by Crippen LogP contribution is -2.34. The van der Waals surface area contributed by atoms with Crippen molar-refractivity contribution in [2.24, 2.45) is 5.92 Å². The molecule has 1 aliphatic rings. The SMILES string of the molecule is ClCCc1nnc(N2CCC(Cc3ccccc3)CC2)o1. The van der Waals surface area contributed by atoms with E-state index < -0.39 is 0 Å². The van der Waals surface area contributed by atoms with Crippen LogP contribution in [0.4, 0.5) is 6.01 Å². The second-order valence-electron chi connectivity index (χ2n) is 5.54. The number of anilines is 1. The molecule has 0 radical (unpaired) electrons. The van der Waals surface area contributed by atoms with Gasteiger partial charge in [-0.15, -0.1) is 16.7 Å². The molecule has 21 heavy (non-hydrogen) atoms. The summed E-state index contributed by atoms with van der Waals surface area (Å²) in [5.41, 5.74) is 1.43. The highest BCUT2D eigenvalue weighted by atomic mass is 35.5. The Morgan fingerprint density at radius 1 is 1.14 bits per heavy atom. The van der Waals surface area contributed by atoms with Gasteiger partial charge in [-0.1, -0.05) is 35.4 Å². The van der Waals surface area contributed by atoms with Crippen molar-refractivity contribution in [3.05, 3.63) is 41.8 Å². The fourth-order valence-corrected chi connectivity index (χ4v) is 2.99. The molecule has 5 heteroatoms. The predicted octanol–water partition coefficient (Wildman–Crippen LogP) is 3.31. The van der Waals surface area contributed by atoms with Crippen molar-refractivity contribution >= 4 is 17.6 Å². The summed E-state index contributed by atoms with van der Waals surface area (Å²) < 4.78 is 5.64. The van der Waals surface area contributed by atoms with Crippen LogP contribution in [0, 0.1) is 5.92 Å². The molecule has 1 aromatic heterocycles. The second-order valence-corrected chi connectivity index (χ2v) is 5.92. The van der Waals surface area contributed by atoms with Crippen LogP contribution in [-0.4, -0.2) is 29.2 Å². The van der Waals surface area contributed by atoms with Crippen LogP contribution >= 0.6 is 11.6 Å². The summed E-state index contributed by atoms with van der Waals surface area (Å²) in [5, 5.41) is 8.14. The maximum atomic E-state index is 5.69. The lowest BCUT2D eigenvalue weighted by atomic mass is 9.90. The number of nitrogens with zero attached hydrogens (tertiary/aromatic N) is 3. The molecule has 1 aliphatic heterocycles. The van der Waals surface area contributed by atoms with Crippen molar-refractivity contribution in [2.75, 3.05) is 23.9 Å². The van der Waals surface area contributed by atoms with E-state index in [4.69, 9.17) is 16.0 Å². The highest BCUT2D eigenvalue weighted by molar-refractivity contribution is 6.17. The minimum atomic E-state index is 0.515. The summed E-state index contributed by atoms with van der Waals surface area (Å²) in [6, 6.07) is 11.4. The molecule has 0 unspecified atom stereocenters. The number of hydrogen-bond donors (Lipinski definition) is 0. The molecule has 112 valence electrons. The molecule has 2 aromatic rings. The van der Waals surface area contributed by atoms with Gasteiger partial charge < -0.3 is 9.32 Å². The van der Waals surface area contributed by atoms with Gasteiger partial charge in [0, 0.05) is 25.4 Å². The molecular formula is C16H20ClN3O. The van der Waals surface area contributed by atoms with Crippen molar-refractivity contribution in [2.45, 2.75) is 25.7 Å². The van der Waals surface area contributed by atoms with Crippen LogP contribution < -0.4 is 4.90 Å². The van der Waals surface area contributed by atoms with Crippen LogP contribution in [0.2, 0.25) is 0 Å². The minimum absolute atomic E-state index is 0.515. The molecule has 0 saturated carbocycles. The molecule has 0 amide bonds. The molecule has 2 heterocycles. The fraction of sp³-hybridized carbons (Fsp3) is 0.500. The average molecular weight is 306 g/mol. The van der Waals surface area contributed by atoms with Crippen LogP contribution in [-0.2, 0) is 12.8 Å². The first-order valence-electron chi connectivity index (χ1n) is 7.52. The quantitative estimate of drug-likeness (QED) is 0.795. The Morgan fingerprint density at radius 2 is 1.90 bits per heavy atom. The molecule has 1 saturated heterocycles. The zero-order valence-corrected chi connectivity index (χ0v) is 12.8. The Kier molecular flexibility index (Phi) is 4.76. The van der Waals surface area contributed by atoms with Crippen molar-refractivity contribution < 1.29 is 4.42 Å². The third-order valence-electron chi connectivity index (χ3n) is 4.02. The highest BCUT2D eigenvalue weighted by Gasteiger charge is 2.23. The third-order valence-corrected chi connectivity index (χ3v) is 4.21. The first-order chi connectivity index (χ1) is 10.3. The number of hydrogen-bond acceptors (Lipinski definition) is 4. The zero-order valence-electron chi connectivity index (χ0n) is 12.0. The van der Waals surface area contributed by atoms with Gasteiger partial charge in [0.15, 0.2) is 0 Å². The molecule has 0 aliphatic carbocycles. The van der Waals surface area contributed by atoms with Crippen LogP contribution in [0.5, 0.6) is 0 Å². The largest absolute Gasteiger partial charge is 0.408 e. The normalized spacial score (nSPS) is 16.3. The number of rotatable bonds is 5. The summed E-state index contributed by atoms with van der Waals surface area (Å²) in [4.78, 5) is 2.19. The molecule has 3 rings (SSSR count). The van der Waals surface area contributed by atoms with Crippen molar-refractivity contribution in [3.8, 4) is 0 Å². The van der Waals surface area contributed by atoms with Crippen LogP contribution in [0.3, 0.4) is 0 Å². The molecule has 4 nitrogen and oxygen atoms in total. The Morgan fingerprint density at radius 3 is 2.62 bits per heavy atom. The van der Waals surface area contributed by atoms with E-state index in [9.17, 15) is 0 Å². The summed E-state index contributed by atoms with van der Waals surface area (Å²) in [5.74, 6) is 1.89. The molecule has 1 fully saturated rings. The number of alkyl halides is 1. The number of piperidine rings is 1.